The van der Waals surface area contributed by atoms with Gasteiger partial charge in [-0.15, -0.1) is 0 Å². The molecule has 1 unspecified atom stereocenters. The molecule has 0 aromatic carbocycles. The van der Waals surface area contributed by atoms with Crippen LogP contribution in [0.25, 0.3) is 0 Å². The minimum Gasteiger partial charge on any atom is -0.368 e. The van der Waals surface area contributed by atoms with Crippen molar-refractivity contribution in [3.05, 3.63) is 0 Å². The molecule has 1 saturated heterocycles. The molecule has 0 amide bonds. The summed E-state index contributed by atoms with van der Waals surface area (Å²) >= 11 is 0. The number of ether oxygens (including phenoxy) is 1. The fourth-order valence-electron chi connectivity index (χ4n) is 1.94. The van der Waals surface area contributed by atoms with E-state index in [-0.39, 0.29) is 12.5 Å². The monoisotopic (exact) mass is 249 g/mol. The second kappa shape index (κ2) is 6.75. The molecular weight excluding hydrogens is 225 g/mol. The van der Waals surface area contributed by atoms with E-state index in [0.29, 0.717) is 6.61 Å². The van der Waals surface area contributed by atoms with Gasteiger partial charge in [-0.3, -0.25) is 4.57 Å². The van der Waals surface area contributed by atoms with Gasteiger partial charge in [0.1, 0.15) is 6.35 Å². The zero-order valence-corrected chi connectivity index (χ0v) is 11.5. The Kier molecular flexibility index (Phi) is 5.98. The lowest BCUT2D eigenvalue weighted by Crippen LogP contribution is -2.36. The Bertz CT molecular complexity index is 239. The average molecular weight is 249 g/mol. The van der Waals surface area contributed by atoms with E-state index in [2.05, 4.69) is 11.8 Å². The van der Waals surface area contributed by atoms with Gasteiger partial charge in [-0.25, -0.2) is 0 Å². The number of nitrogens with zero attached hydrogens (tertiary/aromatic N) is 1. The molecule has 1 aliphatic heterocycles. The van der Waals surface area contributed by atoms with Crippen LogP contribution in [0.2, 0.25) is 0 Å². The van der Waals surface area contributed by atoms with Crippen molar-refractivity contribution >= 4 is 7.37 Å². The first-order chi connectivity index (χ1) is 7.57. The van der Waals surface area contributed by atoms with E-state index in [9.17, 15) is 4.57 Å². The molecule has 0 saturated carbocycles. The van der Waals surface area contributed by atoms with Crippen molar-refractivity contribution < 1.29 is 13.8 Å². The van der Waals surface area contributed by atoms with Crippen molar-refractivity contribution in [1.82, 2.24) is 4.90 Å². The molecule has 0 aromatic heterocycles. The zero-order chi connectivity index (χ0) is 12.0. The molecule has 0 bridgehead atoms. The summed E-state index contributed by atoms with van der Waals surface area (Å²) in [5, 5.41) is 0. The smallest absolute Gasteiger partial charge is 0.225 e. The molecule has 0 radical (unpaired) electrons. The molecular formula is C11H24NO3P. The molecule has 0 spiro atoms. The molecule has 1 fully saturated rings. The fraction of sp³-hybridized carbons (Fsp3) is 1.00. The summed E-state index contributed by atoms with van der Waals surface area (Å²) in [4.78, 5) is 2.41. The number of piperidine rings is 1. The average Bonchev–Trinajstić information content (AvgIpc) is 2.27. The van der Waals surface area contributed by atoms with Crippen LogP contribution in [-0.4, -0.2) is 50.3 Å². The third-order valence-electron chi connectivity index (χ3n) is 2.93. The quantitative estimate of drug-likeness (QED) is 0.677. The van der Waals surface area contributed by atoms with Crippen LogP contribution in [0.15, 0.2) is 0 Å². The van der Waals surface area contributed by atoms with Gasteiger partial charge in [0.2, 0.25) is 7.37 Å². The predicted octanol–water partition coefficient (Wildman–Crippen LogP) is 2.39. The van der Waals surface area contributed by atoms with Gasteiger partial charge in [0.05, 0.1) is 12.7 Å². The van der Waals surface area contributed by atoms with E-state index in [1.165, 1.54) is 0 Å². The van der Waals surface area contributed by atoms with Gasteiger partial charge >= 0.3 is 0 Å². The zero-order valence-electron chi connectivity index (χ0n) is 10.6. The highest BCUT2D eigenvalue weighted by Crippen LogP contribution is 2.42. The highest BCUT2D eigenvalue weighted by molar-refractivity contribution is 7.57. The summed E-state index contributed by atoms with van der Waals surface area (Å²) in [5.74, 6) is 0. The molecule has 1 aliphatic rings. The highest BCUT2D eigenvalue weighted by atomic mass is 31.2. The Hall–Kier alpha value is 0.110. The van der Waals surface area contributed by atoms with Crippen molar-refractivity contribution in [3.8, 4) is 0 Å². The Balaban J connectivity index is 2.22. The largest absolute Gasteiger partial charge is 0.368 e. The van der Waals surface area contributed by atoms with E-state index in [1.54, 1.807) is 6.66 Å². The molecule has 0 aromatic rings. The summed E-state index contributed by atoms with van der Waals surface area (Å²) in [6.45, 7) is 9.46. The summed E-state index contributed by atoms with van der Waals surface area (Å²) in [6, 6.07) is 0. The van der Waals surface area contributed by atoms with E-state index < -0.39 is 7.37 Å². The van der Waals surface area contributed by atoms with Crippen LogP contribution in [0.5, 0.6) is 0 Å². The van der Waals surface area contributed by atoms with Crippen LogP contribution in [0, 0.1) is 0 Å². The van der Waals surface area contributed by atoms with Crippen molar-refractivity contribution in [2.75, 3.05) is 39.3 Å². The fourth-order valence-corrected chi connectivity index (χ4v) is 3.05. The van der Waals surface area contributed by atoms with E-state index in [4.69, 9.17) is 9.26 Å². The molecule has 1 atom stereocenters. The molecule has 5 heteroatoms. The minimum atomic E-state index is -2.52. The lowest BCUT2D eigenvalue weighted by atomic mass is 10.1. The maximum absolute atomic E-state index is 11.8. The summed E-state index contributed by atoms with van der Waals surface area (Å²) < 4.78 is 22.7. The van der Waals surface area contributed by atoms with Gasteiger partial charge in [0, 0.05) is 19.8 Å². The Morgan fingerprint density at radius 2 is 1.94 bits per heavy atom. The second-order valence-electron chi connectivity index (χ2n) is 4.36. The molecule has 1 rings (SSSR count). The molecule has 96 valence electrons. The van der Waals surface area contributed by atoms with Crippen LogP contribution in [0.4, 0.5) is 0 Å². The molecule has 0 N–H and O–H groups in total. The van der Waals surface area contributed by atoms with Gasteiger partial charge in [-0.1, -0.05) is 6.92 Å². The Labute approximate surface area is 98.7 Å². The predicted molar refractivity (Wildman–Crippen MR) is 66.2 cm³/mol. The number of rotatable bonds is 6. The van der Waals surface area contributed by atoms with E-state index in [1.807, 2.05) is 6.92 Å². The van der Waals surface area contributed by atoms with Crippen molar-refractivity contribution in [2.24, 2.45) is 0 Å². The van der Waals surface area contributed by atoms with Crippen LogP contribution < -0.4 is 0 Å². The molecule has 4 nitrogen and oxygen atoms in total. The first-order valence-corrected chi connectivity index (χ1v) is 8.38. The summed E-state index contributed by atoms with van der Waals surface area (Å²) in [6.07, 6.45) is 2.61. The van der Waals surface area contributed by atoms with Crippen LogP contribution in [0.1, 0.15) is 26.7 Å². The number of hydrogen-bond acceptors (Lipinski definition) is 4. The van der Waals surface area contributed by atoms with Crippen molar-refractivity contribution in [1.29, 1.82) is 0 Å². The maximum atomic E-state index is 11.8. The summed E-state index contributed by atoms with van der Waals surface area (Å²) in [5.41, 5.74) is 0. The second-order valence-corrected chi connectivity index (χ2v) is 6.91. The van der Waals surface area contributed by atoms with Gasteiger partial charge in [-0.2, -0.15) is 0 Å². The Morgan fingerprint density at radius 1 is 1.31 bits per heavy atom. The lowest BCUT2D eigenvalue weighted by molar-refractivity contribution is 0.0276. The highest BCUT2D eigenvalue weighted by Gasteiger charge is 2.22. The molecule has 0 aliphatic carbocycles. The first-order valence-electron chi connectivity index (χ1n) is 6.12. The maximum Gasteiger partial charge on any atom is 0.225 e. The van der Waals surface area contributed by atoms with Crippen molar-refractivity contribution in [3.63, 3.8) is 0 Å². The Morgan fingerprint density at radius 3 is 2.44 bits per heavy atom. The van der Waals surface area contributed by atoms with Crippen LogP contribution in [-0.2, 0) is 13.8 Å². The van der Waals surface area contributed by atoms with Crippen LogP contribution >= 0.6 is 7.37 Å². The number of hydrogen-bond donors (Lipinski definition) is 0. The number of likely N-dealkylation sites (tertiary alicyclic amines) is 1. The standard InChI is InChI=1S/C11H24NO3P/c1-4-12-8-6-11(7-9-12)14-10-16(3,13)15-5-2/h11H,4-10H2,1-3H3. The third-order valence-corrected chi connectivity index (χ3v) is 4.35. The van der Waals surface area contributed by atoms with Crippen LogP contribution in [0.3, 0.4) is 0 Å². The molecule has 1 heterocycles. The van der Waals surface area contributed by atoms with Gasteiger partial charge in [0.15, 0.2) is 0 Å². The molecule has 16 heavy (non-hydrogen) atoms. The van der Waals surface area contributed by atoms with Gasteiger partial charge in [-0.05, 0) is 26.3 Å². The third kappa shape index (κ3) is 4.96. The summed E-state index contributed by atoms with van der Waals surface area (Å²) in [7, 11) is -2.52. The van der Waals surface area contributed by atoms with E-state index >= 15 is 0 Å². The topological polar surface area (TPSA) is 38.8 Å². The SMILES string of the molecule is CCOP(C)(=O)COC1CCN(CC)CC1. The minimum absolute atomic E-state index is 0.261. The lowest BCUT2D eigenvalue weighted by Gasteiger charge is -2.31. The van der Waals surface area contributed by atoms with Crippen molar-refractivity contribution in [2.45, 2.75) is 32.8 Å². The van der Waals surface area contributed by atoms with E-state index in [0.717, 1.165) is 32.5 Å². The first kappa shape index (κ1) is 14.2. The van der Waals surface area contributed by atoms with Gasteiger partial charge < -0.3 is 14.2 Å². The normalized spacial score (nSPS) is 23.2. The van der Waals surface area contributed by atoms with Gasteiger partial charge in [0.25, 0.3) is 0 Å².